The number of nitrogens with zero attached hydrogens (tertiary/aromatic N) is 2. The van der Waals surface area contributed by atoms with Gasteiger partial charge in [-0.15, -0.1) is 0 Å². The van der Waals surface area contributed by atoms with Crippen LogP contribution in [0.4, 0.5) is 0 Å². The van der Waals surface area contributed by atoms with Crippen LogP contribution in [0.15, 0.2) is 70.7 Å². The molecule has 0 aliphatic carbocycles. The second kappa shape index (κ2) is 9.76. The lowest BCUT2D eigenvalue weighted by Gasteiger charge is -2.11. The molecule has 0 radical (unpaired) electrons. The fourth-order valence-corrected chi connectivity index (χ4v) is 2.88. The van der Waals surface area contributed by atoms with Crippen molar-refractivity contribution in [3.8, 4) is 11.5 Å². The van der Waals surface area contributed by atoms with Gasteiger partial charge in [0.15, 0.2) is 11.5 Å². The van der Waals surface area contributed by atoms with Gasteiger partial charge in [0.1, 0.15) is 12.2 Å². The maximum Gasteiger partial charge on any atom is 0.276 e. The first-order valence-electron chi connectivity index (χ1n) is 9.02. The number of amides is 1. The van der Waals surface area contributed by atoms with Crippen LogP contribution >= 0.6 is 11.6 Å². The summed E-state index contributed by atoms with van der Waals surface area (Å²) in [5.41, 5.74) is 3.59. The molecule has 1 aromatic heterocycles. The first-order valence-corrected chi connectivity index (χ1v) is 9.40. The van der Waals surface area contributed by atoms with E-state index in [0.717, 1.165) is 5.56 Å². The molecule has 1 amide bonds. The van der Waals surface area contributed by atoms with E-state index in [-0.39, 0.29) is 5.56 Å². The number of hydrogen-bond donors (Lipinski definition) is 1. The Labute approximate surface area is 178 Å². The van der Waals surface area contributed by atoms with Crippen LogP contribution in [0.3, 0.4) is 0 Å². The van der Waals surface area contributed by atoms with E-state index in [1.54, 1.807) is 43.6 Å². The van der Waals surface area contributed by atoms with Gasteiger partial charge in [0, 0.05) is 18.3 Å². The van der Waals surface area contributed by atoms with E-state index in [1.807, 2.05) is 18.2 Å². The predicted molar refractivity (Wildman–Crippen MR) is 116 cm³/mol. The number of hydrogen-bond acceptors (Lipinski definition) is 5. The normalized spacial score (nSPS) is 10.8. The first kappa shape index (κ1) is 21.1. The van der Waals surface area contributed by atoms with Crippen molar-refractivity contribution in [3.63, 3.8) is 0 Å². The topological polar surface area (TPSA) is 81.9 Å². The average molecular weight is 426 g/mol. The predicted octanol–water partition coefficient (Wildman–Crippen LogP) is 3.39. The van der Waals surface area contributed by atoms with Gasteiger partial charge in [-0.2, -0.15) is 5.10 Å². The fourth-order valence-electron chi connectivity index (χ4n) is 2.67. The largest absolute Gasteiger partial charge is 0.493 e. The number of carbonyl (C=O) groups is 1. The molecule has 154 valence electrons. The molecule has 1 N–H and O–H groups in total. The second-order valence-electron chi connectivity index (χ2n) is 6.37. The first-order chi connectivity index (χ1) is 14.5. The number of ether oxygens (including phenoxy) is 2. The van der Waals surface area contributed by atoms with Gasteiger partial charge in [-0.1, -0.05) is 23.7 Å². The lowest BCUT2D eigenvalue weighted by molar-refractivity contribution is 0.0953. The second-order valence-corrected chi connectivity index (χ2v) is 6.80. The number of carbonyl (C=O) groups excluding carboxylic acids is 1. The molecule has 0 bridgehead atoms. The lowest BCUT2D eigenvalue weighted by atomic mass is 10.2. The summed E-state index contributed by atoms with van der Waals surface area (Å²) < 4.78 is 12.5. The minimum atomic E-state index is -0.583. The molecule has 2 aromatic carbocycles. The summed E-state index contributed by atoms with van der Waals surface area (Å²) in [6.07, 6.45) is 3.03. The molecule has 30 heavy (non-hydrogen) atoms. The van der Waals surface area contributed by atoms with Crippen molar-refractivity contribution < 1.29 is 14.3 Å². The number of benzene rings is 2. The smallest absolute Gasteiger partial charge is 0.276 e. The zero-order chi connectivity index (χ0) is 21.5. The van der Waals surface area contributed by atoms with Crippen LogP contribution in [-0.4, -0.2) is 23.8 Å². The highest BCUT2D eigenvalue weighted by Crippen LogP contribution is 2.28. The number of rotatable bonds is 7. The number of methoxy groups -OCH3 is 1. The minimum Gasteiger partial charge on any atom is -0.493 e. The van der Waals surface area contributed by atoms with Crippen molar-refractivity contribution in [1.82, 2.24) is 9.99 Å². The summed E-state index contributed by atoms with van der Waals surface area (Å²) in [4.78, 5) is 24.1. The molecule has 0 saturated carbocycles. The van der Waals surface area contributed by atoms with Gasteiger partial charge >= 0.3 is 0 Å². The van der Waals surface area contributed by atoms with Gasteiger partial charge < -0.3 is 14.0 Å². The fraction of sp³-hybridized carbons (Fsp3) is 0.136. The quantitative estimate of drug-likeness (QED) is 0.464. The van der Waals surface area contributed by atoms with Crippen molar-refractivity contribution >= 4 is 23.7 Å². The molecule has 0 fully saturated rings. The molecule has 0 spiro atoms. The van der Waals surface area contributed by atoms with Crippen LogP contribution in [0.1, 0.15) is 21.5 Å². The number of halogens is 1. The van der Waals surface area contributed by atoms with Gasteiger partial charge in [0.05, 0.1) is 13.3 Å². The number of aryl methyl sites for hydroxylation is 1. The third-order valence-electron chi connectivity index (χ3n) is 4.22. The molecule has 3 rings (SSSR count). The Balaban J connectivity index is 1.66. The molecular formula is C22H20ClN3O4. The Hall–Kier alpha value is -3.58. The molecule has 0 atom stereocenters. The summed E-state index contributed by atoms with van der Waals surface area (Å²) in [6.45, 7) is 0.340. The highest BCUT2D eigenvalue weighted by atomic mass is 35.5. The maximum atomic E-state index is 12.1. The lowest BCUT2D eigenvalue weighted by Crippen LogP contribution is -2.29. The van der Waals surface area contributed by atoms with E-state index < -0.39 is 11.5 Å². The summed E-state index contributed by atoms with van der Waals surface area (Å²) in [7, 11) is 3.11. The molecule has 0 aliphatic rings. The maximum absolute atomic E-state index is 12.1. The minimum absolute atomic E-state index is 0.0134. The van der Waals surface area contributed by atoms with Crippen LogP contribution in [0.25, 0.3) is 0 Å². The molecule has 0 saturated heterocycles. The van der Waals surface area contributed by atoms with Gasteiger partial charge in [-0.3, -0.25) is 9.59 Å². The standard InChI is InChI=1S/C22H20ClN3O4/c1-26-10-4-7-18(22(26)28)21(27)25-24-13-15-8-9-19(20(12-15)29-2)30-14-16-5-3-6-17(23)11-16/h3-13H,14H2,1-2H3,(H,25,27)/b24-13-. The Bertz CT molecular complexity index is 1140. The highest BCUT2D eigenvalue weighted by Gasteiger charge is 2.10. The Morgan fingerprint density at radius 2 is 2.00 bits per heavy atom. The Morgan fingerprint density at radius 3 is 2.77 bits per heavy atom. The molecule has 0 aliphatic heterocycles. The van der Waals surface area contributed by atoms with Crippen LogP contribution in [0, 0.1) is 0 Å². The molecule has 1 heterocycles. The van der Waals surface area contributed by atoms with Crippen LogP contribution in [-0.2, 0) is 13.7 Å². The van der Waals surface area contributed by atoms with Crippen molar-refractivity contribution in [2.75, 3.05) is 7.11 Å². The van der Waals surface area contributed by atoms with Gasteiger partial charge in [0.25, 0.3) is 11.5 Å². The third-order valence-corrected chi connectivity index (χ3v) is 4.45. The van der Waals surface area contributed by atoms with E-state index in [1.165, 1.54) is 24.0 Å². The molecule has 0 unspecified atom stereocenters. The summed E-state index contributed by atoms with van der Waals surface area (Å²) in [5, 5.41) is 4.56. The van der Waals surface area contributed by atoms with Crippen molar-refractivity contribution in [1.29, 1.82) is 0 Å². The zero-order valence-electron chi connectivity index (χ0n) is 16.5. The van der Waals surface area contributed by atoms with E-state index >= 15 is 0 Å². The van der Waals surface area contributed by atoms with Gasteiger partial charge in [-0.25, -0.2) is 5.43 Å². The molecule has 7 nitrogen and oxygen atoms in total. The van der Waals surface area contributed by atoms with E-state index in [9.17, 15) is 9.59 Å². The van der Waals surface area contributed by atoms with E-state index in [2.05, 4.69) is 10.5 Å². The number of nitrogens with one attached hydrogen (secondary N) is 1. The third kappa shape index (κ3) is 5.27. The van der Waals surface area contributed by atoms with E-state index in [4.69, 9.17) is 21.1 Å². The van der Waals surface area contributed by atoms with Crippen LogP contribution in [0.2, 0.25) is 5.02 Å². The summed E-state index contributed by atoms with van der Waals surface area (Å²) >= 11 is 5.99. The Kier molecular flexibility index (Phi) is 6.87. The molecule has 3 aromatic rings. The molecule has 8 heteroatoms. The van der Waals surface area contributed by atoms with Gasteiger partial charge in [-0.05, 0) is 53.6 Å². The van der Waals surface area contributed by atoms with Crippen molar-refractivity contribution in [2.24, 2.45) is 12.1 Å². The van der Waals surface area contributed by atoms with Crippen molar-refractivity contribution in [3.05, 3.63) is 92.9 Å². The zero-order valence-corrected chi connectivity index (χ0v) is 17.2. The number of aromatic nitrogens is 1. The Morgan fingerprint density at radius 1 is 1.17 bits per heavy atom. The molecular weight excluding hydrogens is 406 g/mol. The highest BCUT2D eigenvalue weighted by molar-refractivity contribution is 6.30. The van der Waals surface area contributed by atoms with E-state index in [0.29, 0.717) is 28.7 Å². The monoisotopic (exact) mass is 425 g/mol. The number of pyridine rings is 1. The average Bonchev–Trinajstić information content (AvgIpc) is 2.74. The summed E-state index contributed by atoms with van der Waals surface area (Å²) in [5.74, 6) is 0.497. The van der Waals surface area contributed by atoms with Crippen LogP contribution < -0.4 is 20.5 Å². The van der Waals surface area contributed by atoms with Gasteiger partial charge in [0.2, 0.25) is 0 Å². The number of hydrazone groups is 1. The summed E-state index contributed by atoms with van der Waals surface area (Å²) in [6, 6.07) is 15.7. The van der Waals surface area contributed by atoms with Crippen LogP contribution in [0.5, 0.6) is 11.5 Å². The SMILES string of the molecule is COc1cc(/C=N\NC(=O)c2cccn(C)c2=O)ccc1OCc1cccc(Cl)c1. The van der Waals surface area contributed by atoms with Crippen molar-refractivity contribution in [2.45, 2.75) is 6.61 Å².